The second-order valence-electron chi connectivity index (χ2n) is 7.49. The van der Waals surface area contributed by atoms with Gasteiger partial charge in [0.15, 0.2) is 16.1 Å². The molecule has 0 aliphatic heterocycles. The third-order valence-electron chi connectivity index (χ3n) is 4.90. The zero-order valence-electron chi connectivity index (χ0n) is 18.6. The SMILES string of the molecule is CN(C)c1ccc(NC(=O)CSc2nnc(CNc3nc(-c4ccccc4)cs3)n2C)cc1. The Labute approximate surface area is 201 Å². The molecule has 0 fully saturated rings. The zero-order chi connectivity index (χ0) is 23.2. The van der Waals surface area contributed by atoms with Gasteiger partial charge in [0.25, 0.3) is 0 Å². The van der Waals surface area contributed by atoms with Crippen LogP contribution in [-0.4, -0.2) is 45.5 Å². The molecule has 4 rings (SSSR count). The van der Waals surface area contributed by atoms with Crippen molar-refractivity contribution < 1.29 is 4.79 Å². The molecular formula is C23H25N7OS2. The van der Waals surface area contributed by atoms with Crippen molar-refractivity contribution in [2.24, 2.45) is 7.05 Å². The van der Waals surface area contributed by atoms with Crippen molar-refractivity contribution in [1.29, 1.82) is 0 Å². The van der Waals surface area contributed by atoms with Crippen LogP contribution in [0.5, 0.6) is 0 Å². The lowest BCUT2D eigenvalue weighted by Crippen LogP contribution is -2.15. The Morgan fingerprint density at radius 3 is 2.58 bits per heavy atom. The fourth-order valence-corrected chi connectivity index (χ4v) is 4.49. The first-order valence-electron chi connectivity index (χ1n) is 10.3. The predicted octanol–water partition coefficient (Wildman–Crippen LogP) is 4.35. The number of hydrogen-bond acceptors (Lipinski definition) is 8. The predicted molar refractivity (Wildman–Crippen MR) is 136 cm³/mol. The molecule has 10 heteroatoms. The highest BCUT2D eigenvalue weighted by molar-refractivity contribution is 7.99. The van der Waals surface area contributed by atoms with Gasteiger partial charge in [-0.3, -0.25) is 4.79 Å². The van der Waals surface area contributed by atoms with Crippen molar-refractivity contribution in [2.75, 3.05) is 35.4 Å². The average Bonchev–Trinajstić information content (AvgIpc) is 3.44. The first kappa shape index (κ1) is 22.8. The Morgan fingerprint density at radius 2 is 1.85 bits per heavy atom. The molecule has 1 amide bonds. The van der Waals surface area contributed by atoms with E-state index in [2.05, 4.69) is 25.8 Å². The van der Waals surface area contributed by atoms with Crippen LogP contribution in [0.25, 0.3) is 11.3 Å². The lowest BCUT2D eigenvalue weighted by Gasteiger charge is -2.13. The Kier molecular flexibility index (Phi) is 7.26. The van der Waals surface area contributed by atoms with Crippen LogP contribution in [0.3, 0.4) is 0 Å². The Hall–Kier alpha value is -3.37. The number of anilines is 3. The maximum absolute atomic E-state index is 12.3. The van der Waals surface area contributed by atoms with Gasteiger partial charge >= 0.3 is 0 Å². The molecule has 8 nitrogen and oxygen atoms in total. The number of aromatic nitrogens is 4. The molecule has 0 bridgehead atoms. The molecule has 4 aromatic rings. The Bertz CT molecular complexity index is 1200. The number of amides is 1. The molecule has 0 unspecified atom stereocenters. The standard InChI is InChI=1S/C23H25N7OS2/c1-29(2)18-11-9-17(10-12-18)25-21(31)15-33-23-28-27-20(30(23)3)13-24-22-26-19(14-32-22)16-7-5-4-6-8-16/h4-12,14H,13,15H2,1-3H3,(H,24,26)(H,25,31). The lowest BCUT2D eigenvalue weighted by molar-refractivity contribution is -0.113. The highest BCUT2D eigenvalue weighted by Crippen LogP contribution is 2.25. The summed E-state index contributed by atoms with van der Waals surface area (Å²) in [6, 6.07) is 17.8. The van der Waals surface area contributed by atoms with Crippen LogP contribution in [0, 0.1) is 0 Å². The van der Waals surface area contributed by atoms with Crippen molar-refractivity contribution in [1.82, 2.24) is 19.7 Å². The van der Waals surface area contributed by atoms with Gasteiger partial charge in [-0.1, -0.05) is 42.1 Å². The normalized spacial score (nSPS) is 10.8. The van der Waals surface area contributed by atoms with Gasteiger partial charge in [-0.25, -0.2) is 4.98 Å². The topological polar surface area (TPSA) is 88.0 Å². The first-order valence-corrected chi connectivity index (χ1v) is 12.2. The van der Waals surface area contributed by atoms with E-state index in [-0.39, 0.29) is 11.7 Å². The van der Waals surface area contributed by atoms with Crippen LogP contribution in [0.4, 0.5) is 16.5 Å². The highest BCUT2D eigenvalue weighted by atomic mass is 32.2. The Balaban J connectivity index is 1.28. The Morgan fingerprint density at radius 1 is 1.09 bits per heavy atom. The summed E-state index contributed by atoms with van der Waals surface area (Å²) in [7, 11) is 5.86. The molecular weight excluding hydrogens is 454 g/mol. The van der Waals surface area contributed by atoms with Gasteiger partial charge in [0.2, 0.25) is 5.91 Å². The fourth-order valence-electron chi connectivity index (χ4n) is 3.05. The van der Waals surface area contributed by atoms with Crippen LogP contribution < -0.4 is 15.5 Å². The molecule has 0 aliphatic rings. The number of nitrogens with one attached hydrogen (secondary N) is 2. The van der Waals surface area contributed by atoms with E-state index >= 15 is 0 Å². The number of carbonyl (C=O) groups is 1. The molecule has 0 saturated carbocycles. The summed E-state index contributed by atoms with van der Waals surface area (Å²) in [6.07, 6.45) is 0. The van der Waals surface area contributed by atoms with Crippen LogP contribution in [0.2, 0.25) is 0 Å². The van der Waals surface area contributed by atoms with Crippen LogP contribution in [-0.2, 0) is 18.4 Å². The maximum Gasteiger partial charge on any atom is 0.234 e. The fraction of sp³-hybridized carbons (Fsp3) is 0.217. The summed E-state index contributed by atoms with van der Waals surface area (Å²) in [5.41, 5.74) is 3.88. The monoisotopic (exact) mass is 479 g/mol. The molecule has 2 aromatic heterocycles. The molecule has 170 valence electrons. The van der Waals surface area contributed by atoms with Crippen LogP contribution in [0.1, 0.15) is 5.82 Å². The number of carbonyl (C=O) groups excluding carboxylic acids is 1. The van der Waals surface area contributed by atoms with Crippen LogP contribution in [0.15, 0.2) is 65.1 Å². The van der Waals surface area contributed by atoms with E-state index < -0.39 is 0 Å². The van der Waals surface area contributed by atoms with Gasteiger partial charge in [0.05, 0.1) is 18.0 Å². The van der Waals surface area contributed by atoms with E-state index in [9.17, 15) is 4.79 Å². The smallest absolute Gasteiger partial charge is 0.234 e. The van der Waals surface area contributed by atoms with E-state index in [1.807, 2.05) is 90.6 Å². The van der Waals surface area contributed by atoms with E-state index in [0.717, 1.165) is 33.6 Å². The second kappa shape index (κ2) is 10.5. The van der Waals surface area contributed by atoms with Crippen LogP contribution >= 0.6 is 23.1 Å². The summed E-state index contributed by atoms with van der Waals surface area (Å²) < 4.78 is 1.89. The van der Waals surface area contributed by atoms with E-state index in [1.165, 1.54) is 11.8 Å². The zero-order valence-corrected chi connectivity index (χ0v) is 20.3. The summed E-state index contributed by atoms with van der Waals surface area (Å²) in [4.78, 5) is 19.0. The quantitative estimate of drug-likeness (QED) is 0.345. The van der Waals surface area contributed by atoms with Gasteiger partial charge in [0, 0.05) is 43.5 Å². The molecule has 0 radical (unpaired) electrons. The number of thiazole rings is 1. The van der Waals surface area contributed by atoms with E-state index in [4.69, 9.17) is 0 Å². The van der Waals surface area contributed by atoms with Gasteiger partial charge < -0.3 is 20.1 Å². The lowest BCUT2D eigenvalue weighted by atomic mass is 10.2. The van der Waals surface area contributed by atoms with Crippen molar-refractivity contribution in [3.05, 3.63) is 65.8 Å². The highest BCUT2D eigenvalue weighted by Gasteiger charge is 2.13. The van der Waals surface area contributed by atoms with Gasteiger partial charge in [-0.15, -0.1) is 21.5 Å². The molecule has 2 N–H and O–H groups in total. The minimum Gasteiger partial charge on any atom is -0.378 e. The van der Waals surface area contributed by atoms with Crippen molar-refractivity contribution in [2.45, 2.75) is 11.7 Å². The minimum atomic E-state index is -0.0866. The minimum absolute atomic E-state index is 0.0866. The number of benzene rings is 2. The molecule has 2 heterocycles. The number of rotatable bonds is 9. The van der Waals surface area contributed by atoms with Crippen molar-refractivity contribution in [3.63, 3.8) is 0 Å². The largest absolute Gasteiger partial charge is 0.378 e. The van der Waals surface area contributed by atoms with Gasteiger partial charge in [0.1, 0.15) is 0 Å². The molecule has 0 saturated heterocycles. The summed E-state index contributed by atoms with van der Waals surface area (Å²) in [6.45, 7) is 0.496. The van der Waals surface area contributed by atoms with Crippen molar-refractivity contribution in [3.8, 4) is 11.3 Å². The molecule has 2 aromatic carbocycles. The third-order valence-corrected chi connectivity index (χ3v) is 6.72. The molecule has 0 aliphatic carbocycles. The third kappa shape index (κ3) is 5.91. The second-order valence-corrected chi connectivity index (χ2v) is 9.29. The molecule has 33 heavy (non-hydrogen) atoms. The molecule has 0 spiro atoms. The maximum atomic E-state index is 12.3. The summed E-state index contributed by atoms with van der Waals surface area (Å²) >= 11 is 2.91. The van der Waals surface area contributed by atoms with Gasteiger partial charge in [-0.05, 0) is 24.3 Å². The number of hydrogen-bond donors (Lipinski definition) is 2. The number of nitrogens with zero attached hydrogens (tertiary/aromatic N) is 5. The van der Waals surface area contributed by atoms with Crippen molar-refractivity contribution >= 4 is 45.5 Å². The van der Waals surface area contributed by atoms with E-state index in [0.29, 0.717) is 11.7 Å². The first-order chi connectivity index (χ1) is 16.0. The molecule has 0 atom stereocenters. The average molecular weight is 480 g/mol. The summed E-state index contributed by atoms with van der Waals surface area (Å²) in [5, 5.41) is 18.2. The van der Waals surface area contributed by atoms with Gasteiger partial charge in [-0.2, -0.15) is 0 Å². The summed E-state index contributed by atoms with van der Waals surface area (Å²) in [5.74, 6) is 0.937. The number of thioether (sulfide) groups is 1. The van der Waals surface area contributed by atoms with E-state index in [1.54, 1.807) is 11.3 Å².